The van der Waals surface area contributed by atoms with Crippen LogP contribution >= 0.6 is 0 Å². The molecule has 3 aliphatic carbocycles. The van der Waals surface area contributed by atoms with Crippen molar-refractivity contribution in [2.45, 2.75) is 89.4 Å². The Labute approximate surface area is 124 Å². The summed E-state index contributed by atoms with van der Waals surface area (Å²) in [6, 6.07) is 2.57. The van der Waals surface area contributed by atoms with Crippen molar-refractivity contribution in [3.05, 3.63) is 33.9 Å². The molecule has 0 saturated carbocycles. The van der Waals surface area contributed by atoms with Crippen LogP contribution in [0.3, 0.4) is 0 Å². The van der Waals surface area contributed by atoms with E-state index >= 15 is 0 Å². The predicted octanol–water partition coefficient (Wildman–Crippen LogP) is 5.71. The van der Waals surface area contributed by atoms with Gasteiger partial charge in [0.2, 0.25) is 0 Å². The molecule has 0 radical (unpaired) electrons. The van der Waals surface area contributed by atoms with Crippen LogP contribution in [0, 0.1) is 6.92 Å². The lowest BCUT2D eigenvalue weighted by Gasteiger charge is -2.40. The number of benzene rings is 1. The highest BCUT2D eigenvalue weighted by Gasteiger charge is 2.46. The molecule has 0 bridgehead atoms. The van der Waals surface area contributed by atoms with E-state index in [9.17, 15) is 0 Å². The normalized spacial score (nSPS) is 32.0. The third-order valence-corrected chi connectivity index (χ3v) is 6.63. The molecule has 1 aromatic rings. The smallest absolute Gasteiger partial charge is 0.00978 e. The monoisotopic (exact) mass is 268 g/mol. The first kappa shape index (κ1) is 12.9. The molecule has 0 spiro atoms. The summed E-state index contributed by atoms with van der Waals surface area (Å²) in [6.07, 6.45) is 7.05. The zero-order chi connectivity index (χ0) is 14.3. The minimum atomic E-state index is 0.390. The number of aryl methyl sites for hydroxylation is 1. The van der Waals surface area contributed by atoms with Crippen molar-refractivity contribution in [1.29, 1.82) is 0 Å². The van der Waals surface area contributed by atoms with Gasteiger partial charge >= 0.3 is 0 Å². The molecule has 2 atom stereocenters. The van der Waals surface area contributed by atoms with E-state index in [0.717, 1.165) is 11.8 Å². The molecular weight excluding hydrogens is 240 g/mol. The van der Waals surface area contributed by atoms with Crippen LogP contribution in [0.1, 0.15) is 99.5 Å². The highest BCUT2D eigenvalue weighted by atomic mass is 14.5. The second kappa shape index (κ2) is 3.70. The Hall–Kier alpha value is -0.780. The minimum Gasteiger partial charge on any atom is -0.0558 e. The summed E-state index contributed by atoms with van der Waals surface area (Å²) in [7, 11) is 0. The summed E-state index contributed by atoms with van der Waals surface area (Å²) in [5, 5.41) is 0. The van der Waals surface area contributed by atoms with Crippen molar-refractivity contribution < 1.29 is 0 Å². The van der Waals surface area contributed by atoms with Gasteiger partial charge < -0.3 is 0 Å². The van der Waals surface area contributed by atoms with Crippen molar-refractivity contribution in [3.63, 3.8) is 0 Å². The van der Waals surface area contributed by atoms with Crippen LogP contribution in [0.25, 0.3) is 0 Å². The van der Waals surface area contributed by atoms with Gasteiger partial charge in [-0.3, -0.25) is 0 Å². The van der Waals surface area contributed by atoms with Gasteiger partial charge in [-0.2, -0.15) is 0 Å². The summed E-state index contributed by atoms with van der Waals surface area (Å²) in [4.78, 5) is 0. The summed E-state index contributed by atoms with van der Waals surface area (Å²) < 4.78 is 0. The fraction of sp³-hybridized carbons (Fsp3) is 0.700. The van der Waals surface area contributed by atoms with E-state index in [4.69, 9.17) is 0 Å². The third-order valence-electron chi connectivity index (χ3n) is 6.63. The van der Waals surface area contributed by atoms with Crippen molar-refractivity contribution in [2.24, 2.45) is 0 Å². The minimum absolute atomic E-state index is 0.390. The molecule has 4 rings (SSSR count). The van der Waals surface area contributed by atoms with Crippen LogP contribution in [0.15, 0.2) is 6.07 Å². The Morgan fingerprint density at radius 3 is 2.20 bits per heavy atom. The quantitative estimate of drug-likeness (QED) is 0.565. The molecule has 2 unspecified atom stereocenters. The van der Waals surface area contributed by atoms with E-state index in [1.165, 1.54) is 32.1 Å². The van der Waals surface area contributed by atoms with Crippen LogP contribution in [-0.4, -0.2) is 0 Å². The summed E-state index contributed by atoms with van der Waals surface area (Å²) in [5.41, 5.74) is 9.40. The van der Waals surface area contributed by atoms with E-state index in [1.807, 2.05) is 5.56 Å². The maximum atomic E-state index is 2.57. The maximum Gasteiger partial charge on any atom is -0.00978 e. The molecule has 0 amide bonds. The molecule has 0 heterocycles. The summed E-state index contributed by atoms with van der Waals surface area (Å²) in [5.74, 6) is 1.76. The molecular formula is C20H28. The second-order valence-electron chi connectivity index (χ2n) is 8.92. The van der Waals surface area contributed by atoms with E-state index in [-0.39, 0.29) is 0 Å². The first-order valence-corrected chi connectivity index (χ1v) is 8.49. The maximum absolute atomic E-state index is 2.57. The molecule has 108 valence electrons. The molecule has 3 aliphatic rings. The van der Waals surface area contributed by atoms with Gasteiger partial charge in [-0.15, -0.1) is 0 Å². The average Bonchev–Trinajstić information content (AvgIpc) is 2.71. The third kappa shape index (κ3) is 1.49. The van der Waals surface area contributed by atoms with E-state index in [0.29, 0.717) is 10.8 Å². The Balaban J connectivity index is 2.07. The summed E-state index contributed by atoms with van der Waals surface area (Å²) in [6.45, 7) is 12.2. The van der Waals surface area contributed by atoms with Crippen LogP contribution in [0.5, 0.6) is 0 Å². The molecule has 0 aliphatic heterocycles. The fourth-order valence-electron chi connectivity index (χ4n) is 5.61. The molecule has 0 fully saturated rings. The first-order valence-electron chi connectivity index (χ1n) is 8.49. The van der Waals surface area contributed by atoms with E-state index in [1.54, 1.807) is 22.3 Å². The standard InChI is InChI=1S/C20H28/c1-12-10-15-16-13(6-8-19(15,2)3)11-14-7-9-20(4,5)18(12)17(14)16/h10,13-14H,6-9,11H2,1-5H3. The highest BCUT2D eigenvalue weighted by molar-refractivity contribution is 5.58. The largest absolute Gasteiger partial charge is 0.0558 e. The SMILES string of the molecule is Cc1cc2c3c4c1C(C)(C)CCC4CC3CCC2(C)C. The van der Waals surface area contributed by atoms with Crippen LogP contribution in [0.4, 0.5) is 0 Å². The fourth-order valence-corrected chi connectivity index (χ4v) is 5.61. The lowest BCUT2D eigenvalue weighted by Crippen LogP contribution is -2.30. The van der Waals surface area contributed by atoms with Crippen molar-refractivity contribution in [3.8, 4) is 0 Å². The van der Waals surface area contributed by atoms with Crippen molar-refractivity contribution >= 4 is 0 Å². The van der Waals surface area contributed by atoms with Gasteiger partial charge in [0.15, 0.2) is 0 Å². The molecule has 0 saturated heterocycles. The van der Waals surface area contributed by atoms with Crippen LogP contribution < -0.4 is 0 Å². The number of rotatable bonds is 0. The topological polar surface area (TPSA) is 0 Å². The molecule has 0 aromatic heterocycles. The van der Waals surface area contributed by atoms with Crippen LogP contribution in [0.2, 0.25) is 0 Å². The van der Waals surface area contributed by atoms with Gasteiger partial charge in [-0.05, 0) is 89.5 Å². The second-order valence-corrected chi connectivity index (χ2v) is 8.92. The van der Waals surface area contributed by atoms with E-state index < -0.39 is 0 Å². The van der Waals surface area contributed by atoms with Crippen molar-refractivity contribution in [2.75, 3.05) is 0 Å². The lowest BCUT2D eigenvalue weighted by molar-refractivity contribution is 0.370. The average molecular weight is 268 g/mol. The molecule has 0 heteroatoms. The van der Waals surface area contributed by atoms with E-state index in [2.05, 4.69) is 40.7 Å². The van der Waals surface area contributed by atoms with Crippen molar-refractivity contribution in [1.82, 2.24) is 0 Å². The van der Waals surface area contributed by atoms with Crippen LogP contribution in [-0.2, 0) is 10.8 Å². The Morgan fingerprint density at radius 2 is 1.50 bits per heavy atom. The number of hydrogen-bond donors (Lipinski definition) is 0. The van der Waals surface area contributed by atoms with Gasteiger partial charge in [-0.1, -0.05) is 33.8 Å². The van der Waals surface area contributed by atoms with Gasteiger partial charge in [0.05, 0.1) is 0 Å². The van der Waals surface area contributed by atoms with Gasteiger partial charge in [0.25, 0.3) is 0 Å². The zero-order valence-corrected chi connectivity index (χ0v) is 13.8. The lowest BCUT2D eigenvalue weighted by atomic mass is 9.64. The molecule has 20 heavy (non-hydrogen) atoms. The molecule has 0 N–H and O–H groups in total. The Morgan fingerprint density at radius 1 is 0.900 bits per heavy atom. The first-order chi connectivity index (χ1) is 9.31. The molecule has 1 aromatic carbocycles. The highest BCUT2D eigenvalue weighted by Crippen LogP contribution is 2.60. The molecule has 0 nitrogen and oxygen atoms in total. The Bertz CT molecular complexity index is 589. The zero-order valence-electron chi connectivity index (χ0n) is 13.8. The van der Waals surface area contributed by atoms with Gasteiger partial charge in [0, 0.05) is 0 Å². The number of hydrogen-bond acceptors (Lipinski definition) is 0. The Kier molecular flexibility index (Phi) is 2.39. The predicted molar refractivity (Wildman–Crippen MR) is 85.8 cm³/mol. The van der Waals surface area contributed by atoms with Gasteiger partial charge in [0.1, 0.15) is 0 Å². The van der Waals surface area contributed by atoms with Gasteiger partial charge in [-0.25, -0.2) is 0 Å². The summed E-state index contributed by atoms with van der Waals surface area (Å²) >= 11 is 0.